The summed E-state index contributed by atoms with van der Waals surface area (Å²) >= 11 is 0. The number of hydrogen-bond donors (Lipinski definition) is 1. The predicted octanol–water partition coefficient (Wildman–Crippen LogP) is 2.71. The Bertz CT molecular complexity index is 500. The minimum absolute atomic E-state index is 0.0966. The molecule has 90 valence electrons. The monoisotopic (exact) mass is 234 g/mol. The van der Waals surface area contributed by atoms with E-state index in [1.165, 1.54) is 12.1 Å². The standard InChI is InChI=1S/C13H15FN2O/c1-8(2)13(7-17)16-9(3)10-4-5-12(15)11(14)6-10/h4-7H,15H2,1-3H3/b16-9+. The number of nitrogens with two attached hydrogens (primary N) is 1. The molecule has 17 heavy (non-hydrogen) atoms. The van der Waals surface area contributed by atoms with Gasteiger partial charge >= 0.3 is 0 Å². The van der Waals surface area contributed by atoms with Gasteiger partial charge in [-0.25, -0.2) is 9.38 Å². The van der Waals surface area contributed by atoms with Crippen molar-refractivity contribution in [2.24, 2.45) is 4.99 Å². The molecule has 0 saturated carbocycles. The van der Waals surface area contributed by atoms with E-state index in [-0.39, 0.29) is 5.69 Å². The van der Waals surface area contributed by atoms with Gasteiger partial charge in [-0.15, -0.1) is 0 Å². The molecule has 0 aliphatic carbocycles. The summed E-state index contributed by atoms with van der Waals surface area (Å²) in [7, 11) is 0. The first kappa shape index (κ1) is 13.1. The number of benzene rings is 1. The first-order valence-corrected chi connectivity index (χ1v) is 5.19. The van der Waals surface area contributed by atoms with E-state index in [9.17, 15) is 9.18 Å². The molecule has 1 aromatic rings. The van der Waals surface area contributed by atoms with Crippen molar-refractivity contribution in [2.75, 3.05) is 5.73 Å². The fourth-order valence-corrected chi connectivity index (χ4v) is 1.25. The maximum absolute atomic E-state index is 13.3. The molecule has 0 atom stereocenters. The topological polar surface area (TPSA) is 55.5 Å². The molecule has 0 amide bonds. The quantitative estimate of drug-likeness (QED) is 0.378. The highest BCUT2D eigenvalue weighted by molar-refractivity contribution is 6.01. The molecule has 0 aromatic heterocycles. The SMILES string of the molecule is CC(C)=C(C=O)/N=C(\C)c1ccc(N)c(F)c1. The highest BCUT2D eigenvalue weighted by Gasteiger charge is 2.04. The summed E-state index contributed by atoms with van der Waals surface area (Å²) in [6.07, 6.45) is 0.687. The maximum Gasteiger partial charge on any atom is 0.168 e. The van der Waals surface area contributed by atoms with Crippen molar-refractivity contribution in [2.45, 2.75) is 20.8 Å². The molecule has 2 N–H and O–H groups in total. The first-order valence-electron chi connectivity index (χ1n) is 5.19. The zero-order valence-corrected chi connectivity index (χ0v) is 10.1. The number of allylic oxidation sites excluding steroid dienone is 2. The lowest BCUT2D eigenvalue weighted by atomic mass is 10.1. The number of carbonyl (C=O) groups is 1. The maximum atomic E-state index is 13.3. The Morgan fingerprint density at radius 2 is 2.00 bits per heavy atom. The number of nitrogen functional groups attached to an aromatic ring is 1. The normalized spacial score (nSPS) is 11.2. The van der Waals surface area contributed by atoms with Crippen LogP contribution in [0.2, 0.25) is 0 Å². The number of anilines is 1. The van der Waals surface area contributed by atoms with E-state index < -0.39 is 5.82 Å². The third-order valence-electron chi connectivity index (χ3n) is 2.33. The van der Waals surface area contributed by atoms with Crippen LogP contribution in [-0.2, 0) is 4.79 Å². The van der Waals surface area contributed by atoms with Gasteiger partial charge in [0.1, 0.15) is 11.5 Å². The number of carbonyl (C=O) groups excluding carboxylic acids is 1. The first-order chi connectivity index (χ1) is 7.95. The molecule has 0 unspecified atom stereocenters. The zero-order valence-electron chi connectivity index (χ0n) is 10.1. The van der Waals surface area contributed by atoms with E-state index in [1.54, 1.807) is 26.8 Å². The van der Waals surface area contributed by atoms with Gasteiger partial charge in [0.05, 0.1) is 5.69 Å². The molecule has 0 fully saturated rings. The molecule has 0 spiro atoms. The van der Waals surface area contributed by atoms with Crippen molar-refractivity contribution < 1.29 is 9.18 Å². The second kappa shape index (κ2) is 5.39. The highest BCUT2D eigenvalue weighted by Crippen LogP contribution is 2.14. The summed E-state index contributed by atoms with van der Waals surface area (Å²) in [5.41, 5.74) is 7.84. The van der Waals surface area contributed by atoms with Gasteiger partial charge in [-0.3, -0.25) is 4.79 Å². The van der Waals surface area contributed by atoms with Crippen LogP contribution in [-0.4, -0.2) is 12.0 Å². The lowest BCUT2D eigenvalue weighted by molar-refractivity contribution is -0.105. The van der Waals surface area contributed by atoms with Crippen LogP contribution in [0.15, 0.2) is 34.5 Å². The van der Waals surface area contributed by atoms with E-state index in [1.807, 2.05) is 0 Å². The number of halogens is 1. The van der Waals surface area contributed by atoms with Crippen LogP contribution < -0.4 is 5.73 Å². The lowest BCUT2D eigenvalue weighted by Crippen LogP contribution is -2.00. The molecule has 0 radical (unpaired) electrons. The van der Waals surface area contributed by atoms with Crippen LogP contribution >= 0.6 is 0 Å². The summed E-state index contributed by atoms with van der Waals surface area (Å²) in [6.45, 7) is 5.31. The van der Waals surface area contributed by atoms with E-state index in [4.69, 9.17) is 5.73 Å². The third-order valence-corrected chi connectivity index (χ3v) is 2.33. The Morgan fingerprint density at radius 1 is 1.35 bits per heavy atom. The second-order valence-corrected chi connectivity index (χ2v) is 3.94. The van der Waals surface area contributed by atoms with E-state index >= 15 is 0 Å². The molecule has 0 saturated heterocycles. The Labute approximate surface area is 99.9 Å². The number of nitrogens with zero attached hydrogens (tertiary/aromatic N) is 1. The average molecular weight is 234 g/mol. The van der Waals surface area contributed by atoms with Gasteiger partial charge in [0, 0.05) is 5.71 Å². The van der Waals surface area contributed by atoms with Crippen molar-refractivity contribution in [1.29, 1.82) is 0 Å². The van der Waals surface area contributed by atoms with Gasteiger partial charge in [-0.2, -0.15) is 0 Å². The molecule has 3 nitrogen and oxygen atoms in total. The number of hydrogen-bond acceptors (Lipinski definition) is 3. The van der Waals surface area contributed by atoms with Crippen molar-refractivity contribution >= 4 is 17.7 Å². The van der Waals surface area contributed by atoms with Crippen LogP contribution in [0.3, 0.4) is 0 Å². The van der Waals surface area contributed by atoms with Gasteiger partial charge in [0.25, 0.3) is 0 Å². The molecule has 0 heterocycles. The Balaban J connectivity index is 3.16. The molecular formula is C13H15FN2O. The summed E-state index contributed by atoms with van der Waals surface area (Å²) in [5.74, 6) is -0.484. The van der Waals surface area contributed by atoms with Crippen LogP contribution in [0, 0.1) is 5.82 Å². The summed E-state index contributed by atoms with van der Waals surface area (Å²) < 4.78 is 13.3. The molecule has 1 aromatic carbocycles. The fraction of sp³-hybridized carbons (Fsp3) is 0.231. The van der Waals surface area contributed by atoms with Gasteiger partial charge in [-0.05, 0) is 44.0 Å². The molecular weight excluding hydrogens is 219 g/mol. The zero-order chi connectivity index (χ0) is 13.0. The minimum atomic E-state index is -0.484. The highest BCUT2D eigenvalue weighted by atomic mass is 19.1. The van der Waals surface area contributed by atoms with Crippen LogP contribution in [0.1, 0.15) is 26.3 Å². The van der Waals surface area contributed by atoms with Crippen LogP contribution in [0.4, 0.5) is 10.1 Å². The van der Waals surface area contributed by atoms with Crippen molar-refractivity contribution in [3.63, 3.8) is 0 Å². The van der Waals surface area contributed by atoms with Crippen molar-refractivity contribution in [3.8, 4) is 0 Å². The molecule has 1 rings (SSSR count). The molecule has 0 aliphatic heterocycles. The third kappa shape index (κ3) is 3.24. The molecule has 0 bridgehead atoms. The van der Waals surface area contributed by atoms with Gasteiger partial charge < -0.3 is 5.73 Å². The second-order valence-electron chi connectivity index (χ2n) is 3.94. The largest absolute Gasteiger partial charge is 0.396 e. The average Bonchev–Trinajstić information content (AvgIpc) is 2.28. The van der Waals surface area contributed by atoms with Gasteiger partial charge in [-0.1, -0.05) is 6.07 Å². The van der Waals surface area contributed by atoms with E-state index in [0.717, 1.165) is 5.57 Å². The number of aldehydes is 1. The summed E-state index contributed by atoms with van der Waals surface area (Å²) in [4.78, 5) is 14.9. The van der Waals surface area contributed by atoms with Gasteiger partial charge in [0.15, 0.2) is 6.29 Å². The van der Waals surface area contributed by atoms with Gasteiger partial charge in [0.2, 0.25) is 0 Å². The Morgan fingerprint density at radius 3 is 2.47 bits per heavy atom. The number of rotatable bonds is 3. The predicted molar refractivity (Wildman–Crippen MR) is 67.5 cm³/mol. The van der Waals surface area contributed by atoms with Crippen LogP contribution in [0.25, 0.3) is 0 Å². The van der Waals surface area contributed by atoms with E-state index in [2.05, 4.69) is 4.99 Å². The minimum Gasteiger partial charge on any atom is -0.396 e. The summed E-state index contributed by atoms with van der Waals surface area (Å²) in [5, 5.41) is 0. The Kier molecular flexibility index (Phi) is 4.15. The van der Waals surface area contributed by atoms with Crippen LogP contribution in [0.5, 0.6) is 0 Å². The fourth-order valence-electron chi connectivity index (χ4n) is 1.25. The molecule has 4 heteroatoms. The summed E-state index contributed by atoms with van der Waals surface area (Å²) in [6, 6.07) is 4.46. The van der Waals surface area contributed by atoms with Crippen molar-refractivity contribution in [1.82, 2.24) is 0 Å². The lowest BCUT2D eigenvalue weighted by Gasteiger charge is -2.03. The molecule has 0 aliphatic rings. The number of aliphatic imine (C=N–C) groups is 1. The smallest absolute Gasteiger partial charge is 0.168 e. The van der Waals surface area contributed by atoms with Crippen molar-refractivity contribution in [3.05, 3.63) is 40.8 Å². The Hall–Kier alpha value is -1.97. The van der Waals surface area contributed by atoms with E-state index in [0.29, 0.717) is 23.3 Å².